The number of halogens is 5. The van der Waals surface area contributed by atoms with Gasteiger partial charge in [-0.2, -0.15) is 13.2 Å². The molecule has 0 amide bonds. The van der Waals surface area contributed by atoms with Gasteiger partial charge in [0.15, 0.2) is 0 Å². The molecule has 0 atom stereocenters. The zero-order valence-electron chi connectivity index (χ0n) is 14.6. The number of pyridine rings is 1. The molecule has 29 heavy (non-hydrogen) atoms. The third kappa shape index (κ3) is 4.14. The van der Waals surface area contributed by atoms with Crippen molar-refractivity contribution in [1.82, 2.24) is 19.9 Å². The smallest absolute Gasteiger partial charge is 0.346 e. The zero-order chi connectivity index (χ0) is 20.6. The Bertz CT molecular complexity index is 1170. The quantitative estimate of drug-likeness (QED) is 0.427. The number of alkyl halides is 3. The van der Waals surface area contributed by atoms with Crippen LogP contribution in [0.3, 0.4) is 0 Å². The van der Waals surface area contributed by atoms with Gasteiger partial charge < -0.3 is 10.3 Å². The van der Waals surface area contributed by atoms with Crippen molar-refractivity contribution in [2.45, 2.75) is 12.6 Å². The Labute approximate surface area is 166 Å². The predicted octanol–water partition coefficient (Wildman–Crippen LogP) is 5.50. The Morgan fingerprint density at radius 2 is 1.79 bits per heavy atom. The van der Waals surface area contributed by atoms with Crippen LogP contribution in [0, 0.1) is 5.82 Å². The van der Waals surface area contributed by atoms with Gasteiger partial charge in [-0.1, -0.05) is 11.6 Å². The van der Waals surface area contributed by atoms with E-state index in [1.165, 1.54) is 12.4 Å². The molecule has 4 aromatic rings. The highest BCUT2D eigenvalue weighted by molar-refractivity contribution is 6.31. The molecule has 0 bridgehead atoms. The van der Waals surface area contributed by atoms with E-state index in [-0.39, 0.29) is 11.6 Å². The van der Waals surface area contributed by atoms with Crippen LogP contribution in [-0.2, 0) is 12.6 Å². The number of aromatic amines is 1. The summed E-state index contributed by atoms with van der Waals surface area (Å²) in [6.45, 7) is 0. The maximum atomic E-state index is 13.9. The molecular weight excluding hydrogens is 410 g/mol. The van der Waals surface area contributed by atoms with E-state index in [1.807, 2.05) is 0 Å². The van der Waals surface area contributed by atoms with Crippen molar-refractivity contribution >= 4 is 34.3 Å². The first-order valence-electron chi connectivity index (χ1n) is 8.36. The van der Waals surface area contributed by atoms with Crippen molar-refractivity contribution < 1.29 is 17.6 Å². The van der Waals surface area contributed by atoms with Crippen LogP contribution in [0.15, 0.2) is 49.1 Å². The molecule has 2 N–H and O–H groups in total. The van der Waals surface area contributed by atoms with Gasteiger partial charge in [0.2, 0.25) is 5.95 Å². The molecule has 0 spiro atoms. The summed E-state index contributed by atoms with van der Waals surface area (Å²) >= 11 is 5.99. The minimum atomic E-state index is -4.58. The van der Waals surface area contributed by atoms with Crippen LogP contribution in [-0.4, -0.2) is 19.9 Å². The van der Waals surface area contributed by atoms with E-state index in [4.69, 9.17) is 11.6 Å². The lowest BCUT2D eigenvalue weighted by molar-refractivity contribution is -0.137. The van der Waals surface area contributed by atoms with Gasteiger partial charge in [0.05, 0.1) is 16.3 Å². The fraction of sp³-hybridized carbons (Fsp3) is 0.105. The number of nitrogens with one attached hydrogen (secondary N) is 2. The van der Waals surface area contributed by atoms with Crippen molar-refractivity contribution in [2.75, 3.05) is 5.32 Å². The zero-order valence-corrected chi connectivity index (χ0v) is 15.3. The number of rotatable bonds is 4. The van der Waals surface area contributed by atoms with Gasteiger partial charge in [0.25, 0.3) is 0 Å². The molecule has 5 nitrogen and oxygen atoms in total. The van der Waals surface area contributed by atoms with Crippen LogP contribution in [0.5, 0.6) is 0 Å². The highest BCUT2D eigenvalue weighted by Gasteiger charge is 2.31. The highest BCUT2D eigenvalue weighted by atomic mass is 35.5. The van der Waals surface area contributed by atoms with E-state index in [0.717, 1.165) is 22.6 Å². The van der Waals surface area contributed by atoms with Crippen LogP contribution in [0.1, 0.15) is 16.7 Å². The number of aromatic nitrogens is 4. The van der Waals surface area contributed by atoms with Gasteiger partial charge in [-0.25, -0.2) is 19.3 Å². The summed E-state index contributed by atoms with van der Waals surface area (Å²) in [5.41, 5.74) is 1.06. The van der Waals surface area contributed by atoms with Gasteiger partial charge in [0, 0.05) is 36.6 Å². The molecule has 4 rings (SSSR count). The molecule has 3 heterocycles. The van der Waals surface area contributed by atoms with Crippen molar-refractivity contribution in [1.29, 1.82) is 0 Å². The first-order valence-corrected chi connectivity index (χ1v) is 8.73. The van der Waals surface area contributed by atoms with E-state index >= 15 is 0 Å². The lowest BCUT2D eigenvalue weighted by atomic mass is 10.1. The molecule has 1 aromatic carbocycles. The SMILES string of the molecule is Fc1ccc(C(F)(F)F)cc1Nc1ncc(Cc2c[nH]c3ncc(Cl)cc23)cn1. The fourth-order valence-corrected chi connectivity index (χ4v) is 2.98. The monoisotopic (exact) mass is 421 g/mol. The Kier molecular flexibility index (Phi) is 4.83. The van der Waals surface area contributed by atoms with Crippen molar-refractivity contribution in [3.63, 3.8) is 0 Å². The Morgan fingerprint density at radius 1 is 1.03 bits per heavy atom. The highest BCUT2D eigenvalue weighted by Crippen LogP contribution is 2.32. The number of anilines is 2. The van der Waals surface area contributed by atoms with Gasteiger partial charge in [-0.3, -0.25) is 0 Å². The molecule has 148 valence electrons. The molecule has 0 aliphatic rings. The summed E-state index contributed by atoms with van der Waals surface area (Å²) < 4.78 is 52.3. The second-order valence-electron chi connectivity index (χ2n) is 6.27. The molecule has 0 fully saturated rings. The summed E-state index contributed by atoms with van der Waals surface area (Å²) in [7, 11) is 0. The number of benzene rings is 1. The van der Waals surface area contributed by atoms with E-state index in [0.29, 0.717) is 29.2 Å². The van der Waals surface area contributed by atoms with E-state index < -0.39 is 17.6 Å². The maximum Gasteiger partial charge on any atom is 0.416 e. The minimum absolute atomic E-state index is 0.0180. The van der Waals surface area contributed by atoms with Crippen LogP contribution in [0.25, 0.3) is 11.0 Å². The Morgan fingerprint density at radius 3 is 2.52 bits per heavy atom. The van der Waals surface area contributed by atoms with Gasteiger partial charge in [-0.05, 0) is 35.4 Å². The summed E-state index contributed by atoms with van der Waals surface area (Å²) in [5, 5.41) is 3.85. The summed E-state index contributed by atoms with van der Waals surface area (Å²) in [6.07, 6.45) is 2.28. The lowest BCUT2D eigenvalue weighted by Crippen LogP contribution is -2.07. The number of H-pyrrole nitrogens is 1. The van der Waals surface area contributed by atoms with Gasteiger partial charge in [-0.15, -0.1) is 0 Å². The van der Waals surface area contributed by atoms with Crippen LogP contribution < -0.4 is 5.32 Å². The molecule has 0 radical (unpaired) electrons. The number of fused-ring (bicyclic) bond motifs is 1. The largest absolute Gasteiger partial charge is 0.416 e. The molecule has 10 heteroatoms. The Balaban J connectivity index is 1.53. The summed E-state index contributed by atoms with van der Waals surface area (Å²) in [5.74, 6) is -0.857. The normalized spacial score (nSPS) is 11.8. The second kappa shape index (κ2) is 7.32. The van der Waals surface area contributed by atoms with E-state index in [2.05, 4.69) is 25.3 Å². The van der Waals surface area contributed by atoms with Crippen molar-refractivity contribution in [2.24, 2.45) is 0 Å². The maximum absolute atomic E-state index is 13.9. The third-order valence-corrected chi connectivity index (χ3v) is 4.43. The molecule has 0 saturated carbocycles. The molecular formula is C19H12ClF4N5. The number of hydrogen-bond acceptors (Lipinski definition) is 4. The van der Waals surface area contributed by atoms with Crippen molar-refractivity contribution in [3.05, 3.63) is 76.6 Å². The second-order valence-corrected chi connectivity index (χ2v) is 6.71. The summed E-state index contributed by atoms with van der Waals surface area (Å²) in [4.78, 5) is 15.4. The van der Waals surface area contributed by atoms with Crippen LogP contribution in [0.2, 0.25) is 5.02 Å². The van der Waals surface area contributed by atoms with E-state index in [1.54, 1.807) is 18.5 Å². The Hall–Kier alpha value is -3.20. The first kappa shape index (κ1) is 19.1. The first-order chi connectivity index (χ1) is 13.8. The number of nitrogens with zero attached hydrogens (tertiary/aromatic N) is 3. The average Bonchev–Trinajstić information content (AvgIpc) is 3.06. The molecule has 3 aromatic heterocycles. The summed E-state index contributed by atoms with van der Waals surface area (Å²) in [6, 6.07) is 3.89. The fourth-order valence-electron chi connectivity index (χ4n) is 2.83. The molecule has 0 saturated heterocycles. The standard InChI is InChI=1S/C19H12ClF4N5/c20-13-5-14-11(8-25-17(14)26-9-13)3-10-6-27-18(28-7-10)29-16-4-12(19(22,23)24)1-2-15(16)21/h1-2,4-9H,3H2,(H,25,26)(H,27,28,29). The topological polar surface area (TPSA) is 66.5 Å². The lowest BCUT2D eigenvalue weighted by Gasteiger charge is -2.11. The van der Waals surface area contributed by atoms with Crippen LogP contribution in [0.4, 0.5) is 29.2 Å². The van der Waals surface area contributed by atoms with Gasteiger partial charge in [0.1, 0.15) is 11.5 Å². The number of hydrogen-bond donors (Lipinski definition) is 2. The van der Waals surface area contributed by atoms with Gasteiger partial charge >= 0.3 is 6.18 Å². The van der Waals surface area contributed by atoms with Crippen molar-refractivity contribution in [3.8, 4) is 0 Å². The predicted molar refractivity (Wildman–Crippen MR) is 101 cm³/mol. The van der Waals surface area contributed by atoms with Crippen LogP contribution >= 0.6 is 11.6 Å². The average molecular weight is 422 g/mol. The third-order valence-electron chi connectivity index (χ3n) is 4.22. The van der Waals surface area contributed by atoms with E-state index in [9.17, 15) is 17.6 Å². The molecule has 0 aliphatic heterocycles. The molecule has 0 aliphatic carbocycles. The minimum Gasteiger partial charge on any atom is -0.346 e. The molecule has 0 unspecified atom stereocenters.